The summed E-state index contributed by atoms with van der Waals surface area (Å²) in [5, 5.41) is 0. The molecule has 0 aromatic heterocycles. The lowest BCUT2D eigenvalue weighted by atomic mass is 9.67. The summed E-state index contributed by atoms with van der Waals surface area (Å²) in [6.07, 6.45) is 1.82. The van der Waals surface area contributed by atoms with Gasteiger partial charge in [0.1, 0.15) is 12.4 Å². The molecule has 1 N–H and O–H groups in total. The standard InChI is InChI=1S/C13H24O5S/c1-10(2)9-13(6,12(3,4)5)11(14)18-7-8-19(15,16)17/h9H,7-8H2,1-6H3,(H,15,16,17). The van der Waals surface area contributed by atoms with E-state index in [9.17, 15) is 13.2 Å². The van der Waals surface area contributed by atoms with Crippen molar-refractivity contribution in [2.75, 3.05) is 12.4 Å². The van der Waals surface area contributed by atoms with Crippen LogP contribution in [0.3, 0.4) is 0 Å². The van der Waals surface area contributed by atoms with E-state index in [0.29, 0.717) is 0 Å². The third-order valence-corrected chi connectivity index (χ3v) is 3.82. The summed E-state index contributed by atoms with van der Waals surface area (Å²) in [7, 11) is -4.12. The summed E-state index contributed by atoms with van der Waals surface area (Å²) in [4.78, 5) is 12.2. The zero-order valence-corrected chi connectivity index (χ0v) is 13.3. The zero-order valence-electron chi connectivity index (χ0n) is 12.5. The fraction of sp³-hybridized carbons (Fsp3) is 0.769. The Morgan fingerprint density at radius 1 is 1.21 bits per heavy atom. The van der Waals surface area contributed by atoms with Crippen LogP contribution in [0, 0.1) is 10.8 Å². The van der Waals surface area contributed by atoms with Crippen LogP contribution in [-0.4, -0.2) is 31.3 Å². The van der Waals surface area contributed by atoms with Gasteiger partial charge in [-0.05, 0) is 26.2 Å². The summed E-state index contributed by atoms with van der Waals surface area (Å²) >= 11 is 0. The summed E-state index contributed by atoms with van der Waals surface area (Å²) in [6, 6.07) is 0. The predicted octanol–water partition coefficient (Wildman–Crippen LogP) is 2.44. The van der Waals surface area contributed by atoms with E-state index in [-0.39, 0.29) is 12.0 Å². The van der Waals surface area contributed by atoms with Crippen LogP contribution in [0.5, 0.6) is 0 Å². The fourth-order valence-corrected chi connectivity index (χ4v) is 1.84. The van der Waals surface area contributed by atoms with Crippen molar-refractivity contribution in [1.29, 1.82) is 0 Å². The van der Waals surface area contributed by atoms with Gasteiger partial charge in [0.25, 0.3) is 10.1 Å². The molecule has 0 radical (unpaired) electrons. The molecule has 0 amide bonds. The van der Waals surface area contributed by atoms with Gasteiger partial charge >= 0.3 is 5.97 Å². The van der Waals surface area contributed by atoms with Crippen molar-refractivity contribution in [1.82, 2.24) is 0 Å². The lowest BCUT2D eigenvalue weighted by molar-refractivity contribution is -0.156. The van der Waals surface area contributed by atoms with Crippen LogP contribution in [-0.2, 0) is 19.6 Å². The average Bonchev–Trinajstić information content (AvgIpc) is 2.12. The zero-order chi connectivity index (χ0) is 15.5. The summed E-state index contributed by atoms with van der Waals surface area (Å²) in [5.74, 6) is -1.09. The third-order valence-electron chi connectivity index (χ3n) is 3.13. The first-order valence-corrected chi connectivity index (χ1v) is 7.69. The summed E-state index contributed by atoms with van der Waals surface area (Å²) < 4.78 is 34.8. The lowest BCUT2D eigenvalue weighted by Gasteiger charge is -2.37. The summed E-state index contributed by atoms with van der Waals surface area (Å²) in [6.45, 7) is 10.9. The lowest BCUT2D eigenvalue weighted by Crippen LogP contribution is -2.40. The van der Waals surface area contributed by atoms with Gasteiger partial charge in [-0.2, -0.15) is 8.42 Å². The molecule has 0 aliphatic rings. The number of ether oxygens (including phenoxy) is 1. The van der Waals surface area contributed by atoms with E-state index >= 15 is 0 Å². The Bertz CT molecular complexity index is 452. The van der Waals surface area contributed by atoms with Gasteiger partial charge < -0.3 is 4.74 Å². The molecule has 0 bridgehead atoms. The molecule has 112 valence electrons. The first-order valence-electron chi connectivity index (χ1n) is 6.08. The van der Waals surface area contributed by atoms with E-state index < -0.39 is 27.3 Å². The normalized spacial score (nSPS) is 15.5. The Kier molecular flexibility index (Phi) is 5.77. The van der Waals surface area contributed by atoms with Crippen LogP contribution in [0.2, 0.25) is 0 Å². The third kappa shape index (κ3) is 5.74. The van der Waals surface area contributed by atoms with Crippen molar-refractivity contribution in [3.8, 4) is 0 Å². The first-order chi connectivity index (χ1) is 8.29. The highest BCUT2D eigenvalue weighted by Gasteiger charge is 2.43. The van der Waals surface area contributed by atoms with Crippen LogP contribution < -0.4 is 0 Å². The molecule has 1 unspecified atom stereocenters. The molecule has 6 heteroatoms. The second-order valence-corrected chi connectivity index (χ2v) is 7.67. The minimum Gasteiger partial charge on any atom is -0.464 e. The molecule has 0 spiro atoms. The van der Waals surface area contributed by atoms with Crippen molar-refractivity contribution in [3.05, 3.63) is 11.6 Å². The van der Waals surface area contributed by atoms with Crippen LogP contribution >= 0.6 is 0 Å². The maximum absolute atomic E-state index is 12.2. The second kappa shape index (κ2) is 6.05. The van der Waals surface area contributed by atoms with Crippen LogP contribution in [0.25, 0.3) is 0 Å². The molecule has 0 aromatic rings. The van der Waals surface area contributed by atoms with Crippen LogP contribution in [0.15, 0.2) is 11.6 Å². The fourth-order valence-electron chi connectivity index (χ4n) is 1.55. The maximum Gasteiger partial charge on any atom is 0.316 e. The topological polar surface area (TPSA) is 80.7 Å². The van der Waals surface area contributed by atoms with E-state index in [1.54, 1.807) is 6.92 Å². The van der Waals surface area contributed by atoms with Gasteiger partial charge in [0, 0.05) is 0 Å². The van der Waals surface area contributed by atoms with Gasteiger partial charge in [-0.3, -0.25) is 9.35 Å². The van der Waals surface area contributed by atoms with Crippen LogP contribution in [0.1, 0.15) is 41.5 Å². The van der Waals surface area contributed by atoms with Crippen molar-refractivity contribution in [2.24, 2.45) is 10.8 Å². The number of hydrogen-bond acceptors (Lipinski definition) is 4. The minimum atomic E-state index is -4.12. The van der Waals surface area contributed by atoms with Crippen molar-refractivity contribution < 1.29 is 22.5 Å². The molecule has 0 aromatic carbocycles. The molecule has 19 heavy (non-hydrogen) atoms. The number of allylic oxidation sites excluding steroid dienone is 1. The number of hydrogen-bond donors (Lipinski definition) is 1. The molecular formula is C13H24O5S. The van der Waals surface area contributed by atoms with Gasteiger partial charge in [0.15, 0.2) is 0 Å². The van der Waals surface area contributed by atoms with E-state index in [1.165, 1.54) is 0 Å². The Morgan fingerprint density at radius 2 is 1.68 bits per heavy atom. The highest BCUT2D eigenvalue weighted by molar-refractivity contribution is 7.85. The second-order valence-electron chi connectivity index (χ2n) is 6.10. The Labute approximate surface area is 115 Å². The molecular weight excluding hydrogens is 268 g/mol. The van der Waals surface area contributed by atoms with E-state index in [1.807, 2.05) is 40.7 Å². The molecule has 0 rings (SSSR count). The quantitative estimate of drug-likeness (QED) is 0.478. The Balaban J connectivity index is 5.02. The van der Waals surface area contributed by atoms with Crippen LogP contribution in [0.4, 0.5) is 0 Å². The molecule has 0 fully saturated rings. The van der Waals surface area contributed by atoms with E-state index in [2.05, 4.69) is 0 Å². The number of carbonyl (C=O) groups excluding carboxylic acids is 1. The molecule has 1 atom stereocenters. The predicted molar refractivity (Wildman–Crippen MR) is 74.4 cm³/mol. The molecule has 0 heterocycles. The summed E-state index contributed by atoms with van der Waals surface area (Å²) in [5.41, 5.74) is -0.256. The van der Waals surface area contributed by atoms with Gasteiger partial charge in [0.2, 0.25) is 0 Å². The molecule has 0 aliphatic heterocycles. The van der Waals surface area contributed by atoms with Gasteiger partial charge in [-0.1, -0.05) is 32.4 Å². The number of carbonyl (C=O) groups is 1. The minimum absolute atomic E-state index is 0.347. The highest BCUT2D eigenvalue weighted by Crippen LogP contribution is 2.41. The van der Waals surface area contributed by atoms with Crippen molar-refractivity contribution in [2.45, 2.75) is 41.5 Å². The Hall–Kier alpha value is -0.880. The average molecular weight is 292 g/mol. The largest absolute Gasteiger partial charge is 0.464 e. The van der Waals surface area contributed by atoms with Crippen molar-refractivity contribution in [3.63, 3.8) is 0 Å². The van der Waals surface area contributed by atoms with Crippen molar-refractivity contribution >= 4 is 16.1 Å². The van der Waals surface area contributed by atoms with Gasteiger partial charge in [0.05, 0.1) is 5.41 Å². The maximum atomic E-state index is 12.2. The van der Waals surface area contributed by atoms with E-state index in [4.69, 9.17) is 9.29 Å². The van der Waals surface area contributed by atoms with Gasteiger partial charge in [-0.15, -0.1) is 0 Å². The van der Waals surface area contributed by atoms with E-state index in [0.717, 1.165) is 5.57 Å². The SMILES string of the molecule is CC(C)=CC(C)(C(=O)OCCS(=O)(=O)O)C(C)(C)C. The van der Waals surface area contributed by atoms with Gasteiger partial charge in [-0.25, -0.2) is 0 Å². The monoisotopic (exact) mass is 292 g/mol. The molecule has 0 aliphatic carbocycles. The Morgan fingerprint density at radius 3 is 2.00 bits per heavy atom. The molecule has 0 saturated heterocycles. The molecule has 5 nitrogen and oxygen atoms in total. The number of esters is 1. The molecule has 0 saturated carbocycles. The first kappa shape index (κ1) is 18.1. The smallest absolute Gasteiger partial charge is 0.316 e. The highest BCUT2D eigenvalue weighted by atomic mass is 32.2. The number of rotatable bonds is 5.